The van der Waals surface area contributed by atoms with E-state index in [2.05, 4.69) is 5.32 Å². The van der Waals surface area contributed by atoms with Crippen LogP contribution in [0.15, 0.2) is 24.3 Å². The maximum Gasteiger partial charge on any atom is 0.334 e. The van der Waals surface area contributed by atoms with Crippen molar-refractivity contribution in [2.24, 2.45) is 5.41 Å². The van der Waals surface area contributed by atoms with Crippen molar-refractivity contribution >= 4 is 17.8 Å². The zero-order valence-electron chi connectivity index (χ0n) is 15.6. The summed E-state index contributed by atoms with van der Waals surface area (Å²) in [5.41, 5.74) is 0.913. The van der Waals surface area contributed by atoms with Gasteiger partial charge in [-0.2, -0.15) is 0 Å². The minimum Gasteiger partial charge on any atom is -0.479 e. The molecule has 0 aliphatic carbocycles. The van der Waals surface area contributed by atoms with Gasteiger partial charge in [0, 0.05) is 24.1 Å². The second-order valence-electron chi connectivity index (χ2n) is 7.61. The number of morpholine rings is 1. The van der Waals surface area contributed by atoms with Crippen molar-refractivity contribution < 1.29 is 24.2 Å². The van der Waals surface area contributed by atoms with Crippen LogP contribution in [0.1, 0.15) is 43.6 Å². The first kappa shape index (κ1) is 19.9. The van der Waals surface area contributed by atoms with Gasteiger partial charge in [0.05, 0.1) is 12.6 Å². The van der Waals surface area contributed by atoms with Gasteiger partial charge in [-0.25, -0.2) is 4.79 Å². The molecule has 1 fully saturated rings. The van der Waals surface area contributed by atoms with E-state index in [1.165, 1.54) is 4.90 Å². The summed E-state index contributed by atoms with van der Waals surface area (Å²) in [4.78, 5) is 37.2. The average Bonchev–Trinajstić information content (AvgIpc) is 2.58. The van der Waals surface area contributed by atoms with E-state index in [4.69, 9.17) is 9.84 Å². The molecule has 1 heterocycles. The van der Waals surface area contributed by atoms with Crippen molar-refractivity contribution in [1.82, 2.24) is 10.2 Å². The standard InChI is InChI=1S/C19H26N2O5/c1-12-10-21(11-15(26-12)17(23)24)16(22)14-7-5-13(6-8-14)9-20-18(25)19(2,3)4/h5-8,12,15H,9-11H2,1-4H3,(H,20,25)(H,23,24)/t12-,15?/m1/s1. The summed E-state index contributed by atoms with van der Waals surface area (Å²) < 4.78 is 5.33. The SMILES string of the molecule is C[C@@H]1CN(C(=O)c2ccc(CNC(=O)C(C)(C)C)cc2)CC(C(=O)O)O1. The quantitative estimate of drug-likeness (QED) is 0.849. The van der Waals surface area contributed by atoms with Crippen LogP contribution in [0.5, 0.6) is 0 Å². The Hall–Kier alpha value is -2.41. The van der Waals surface area contributed by atoms with Gasteiger partial charge in [0.2, 0.25) is 5.91 Å². The van der Waals surface area contributed by atoms with Gasteiger partial charge in [-0.05, 0) is 24.6 Å². The van der Waals surface area contributed by atoms with Gasteiger partial charge in [0.1, 0.15) is 0 Å². The predicted octanol–water partition coefficient (Wildman–Crippen LogP) is 1.66. The lowest BCUT2D eigenvalue weighted by atomic mass is 9.95. The van der Waals surface area contributed by atoms with Crippen LogP contribution in [0.25, 0.3) is 0 Å². The average molecular weight is 362 g/mol. The number of hydrogen-bond acceptors (Lipinski definition) is 4. The number of carboxylic acids is 1. The van der Waals surface area contributed by atoms with E-state index in [9.17, 15) is 14.4 Å². The molecule has 1 unspecified atom stereocenters. The number of nitrogens with one attached hydrogen (secondary N) is 1. The Bertz CT molecular complexity index is 678. The molecule has 142 valence electrons. The van der Waals surface area contributed by atoms with E-state index in [1.807, 2.05) is 20.8 Å². The summed E-state index contributed by atoms with van der Waals surface area (Å²) in [6, 6.07) is 6.96. The van der Waals surface area contributed by atoms with Gasteiger partial charge in [-0.1, -0.05) is 32.9 Å². The van der Waals surface area contributed by atoms with Crippen LogP contribution < -0.4 is 5.32 Å². The lowest BCUT2D eigenvalue weighted by Gasteiger charge is -2.35. The van der Waals surface area contributed by atoms with Crippen molar-refractivity contribution in [3.8, 4) is 0 Å². The molecule has 7 heteroatoms. The zero-order valence-corrected chi connectivity index (χ0v) is 15.6. The van der Waals surface area contributed by atoms with E-state index >= 15 is 0 Å². The van der Waals surface area contributed by atoms with Gasteiger partial charge in [0.25, 0.3) is 5.91 Å². The van der Waals surface area contributed by atoms with Crippen LogP contribution in [-0.4, -0.2) is 53.1 Å². The molecule has 0 radical (unpaired) electrons. The molecule has 0 spiro atoms. The number of benzene rings is 1. The molecule has 2 N–H and O–H groups in total. The molecule has 7 nitrogen and oxygen atoms in total. The normalized spacial score (nSPS) is 20.5. The minimum absolute atomic E-state index is 0.0297. The van der Waals surface area contributed by atoms with Crippen LogP contribution in [0.3, 0.4) is 0 Å². The van der Waals surface area contributed by atoms with E-state index in [0.717, 1.165) is 5.56 Å². The lowest BCUT2D eigenvalue weighted by Crippen LogP contribution is -2.51. The van der Waals surface area contributed by atoms with Crippen LogP contribution in [0, 0.1) is 5.41 Å². The van der Waals surface area contributed by atoms with E-state index in [-0.39, 0.29) is 24.5 Å². The zero-order chi connectivity index (χ0) is 19.5. The summed E-state index contributed by atoms with van der Waals surface area (Å²) in [6.45, 7) is 8.05. The van der Waals surface area contributed by atoms with E-state index in [0.29, 0.717) is 18.7 Å². The van der Waals surface area contributed by atoms with Crippen LogP contribution in [0.4, 0.5) is 0 Å². The number of hydrogen-bond donors (Lipinski definition) is 2. The Morgan fingerprint density at radius 2 is 1.81 bits per heavy atom. The summed E-state index contributed by atoms with van der Waals surface area (Å²) in [5, 5.41) is 12.0. The summed E-state index contributed by atoms with van der Waals surface area (Å²) in [6.07, 6.45) is -1.34. The fraction of sp³-hybridized carbons (Fsp3) is 0.526. The Morgan fingerprint density at radius 3 is 2.35 bits per heavy atom. The van der Waals surface area contributed by atoms with E-state index in [1.54, 1.807) is 31.2 Å². The molecule has 0 saturated carbocycles. The lowest BCUT2D eigenvalue weighted by molar-refractivity contribution is -0.160. The third-order valence-corrected chi connectivity index (χ3v) is 4.16. The van der Waals surface area contributed by atoms with Crippen LogP contribution in [-0.2, 0) is 20.9 Å². The number of amides is 2. The topological polar surface area (TPSA) is 95.9 Å². The highest BCUT2D eigenvalue weighted by Crippen LogP contribution is 2.16. The fourth-order valence-corrected chi connectivity index (χ4v) is 2.65. The highest BCUT2D eigenvalue weighted by atomic mass is 16.5. The maximum atomic E-state index is 12.6. The molecule has 1 aliphatic rings. The number of carbonyl (C=O) groups is 3. The molecule has 2 atom stereocenters. The first-order valence-electron chi connectivity index (χ1n) is 8.62. The van der Waals surface area contributed by atoms with Gasteiger partial charge >= 0.3 is 5.97 Å². The van der Waals surface area contributed by atoms with Gasteiger partial charge in [-0.3, -0.25) is 9.59 Å². The number of aliphatic carboxylic acids is 1. The molecule has 1 aromatic carbocycles. The molecule has 0 aromatic heterocycles. The number of nitrogens with zero attached hydrogens (tertiary/aromatic N) is 1. The fourth-order valence-electron chi connectivity index (χ4n) is 2.65. The molecular weight excluding hydrogens is 336 g/mol. The van der Waals surface area contributed by atoms with E-state index < -0.39 is 17.5 Å². The van der Waals surface area contributed by atoms with Crippen LogP contribution >= 0.6 is 0 Å². The third kappa shape index (κ3) is 5.05. The molecule has 1 saturated heterocycles. The third-order valence-electron chi connectivity index (χ3n) is 4.16. The smallest absolute Gasteiger partial charge is 0.334 e. The van der Waals surface area contributed by atoms with Crippen LogP contribution in [0.2, 0.25) is 0 Å². The first-order valence-corrected chi connectivity index (χ1v) is 8.62. The number of carbonyl (C=O) groups excluding carboxylic acids is 2. The maximum absolute atomic E-state index is 12.6. The Balaban J connectivity index is 2.00. The molecular formula is C19H26N2O5. The Kier molecular flexibility index (Phi) is 6.02. The largest absolute Gasteiger partial charge is 0.479 e. The molecule has 0 bridgehead atoms. The van der Waals surface area contributed by atoms with Crippen molar-refractivity contribution in [2.75, 3.05) is 13.1 Å². The molecule has 26 heavy (non-hydrogen) atoms. The van der Waals surface area contributed by atoms with Crippen molar-refractivity contribution in [2.45, 2.75) is 46.4 Å². The van der Waals surface area contributed by atoms with Crippen molar-refractivity contribution in [3.63, 3.8) is 0 Å². The Labute approximate surface area is 153 Å². The second-order valence-corrected chi connectivity index (χ2v) is 7.61. The molecule has 1 aromatic rings. The minimum atomic E-state index is -1.07. The first-order chi connectivity index (χ1) is 12.1. The van der Waals surface area contributed by atoms with Gasteiger partial charge in [-0.15, -0.1) is 0 Å². The summed E-state index contributed by atoms with van der Waals surface area (Å²) in [5.74, 6) is -1.34. The number of rotatable bonds is 4. The summed E-state index contributed by atoms with van der Waals surface area (Å²) in [7, 11) is 0. The molecule has 2 amide bonds. The summed E-state index contributed by atoms with van der Waals surface area (Å²) >= 11 is 0. The number of ether oxygens (including phenoxy) is 1. The van der Waals surface area contributed by atoms with Gasteiger partial charge in [0.15, 0.2) is 6.10 Å². The highest BCUT2D eigenvalue weighted by Gasteiger charge is 2.33. The molecule has 2 rings (SSSR count). The predicted molar refractivity (Wildman–Crippen MR) is 95.6 cm³/mol. The number of carboxylic acid groups (broad SMARTS) is 1. The second kappa shape index (κ2) is 7.86. The highest BCUT2D eigenvalue weighted by molar-refractivity contribution is 5.94. The van der Waals surface area contributed by atoms with Gasteiger partial charge < -0.3 is 20.1 Å². The van der Waals surface area contributed by atoms with Crippen molar-refractivity contribution in [3.05, 3.63) is 35.4 Å². The molecule has 1 aliphatic heterocycles. The van der Waals surface area contributed by atoms with Crippen molar-refractivity contribution in [1.29, 1.82) is 0 Å². The monoisotopic (exact) mass is 362 g/mol. The Morgan fingerprint density at radius 1 is 1.19 bits per heavy atom.